The fraction of sp³-hybridized carbons (Fsp3) is 0.375. The van der Waals surface area contributed by atoms with Crippen LogP contribution in [-0.4, -0.2) is 17.0 Å². The highest BCUT2D eigenvalue weighted by atomic mass is 15.2. The predicted molar refractivity (Wildman–Crippen MR) is 80.5 cm³/mol. The highest BCUT2D eigenvalue weighted by Crippen LogP contribution is 2.27. The molecule has 4 heteroatoms. The van der Waals surface area contributed by atoms with Crippen LogP contribution in [0.15, 0.2) is 30.5 Å². The van der Waals surface area contributed by atoms with E-state index in [4.69, 9.17) is 10.7 Å². The molecule has 20 heavy (non-hydrogen) atoms. The molecule has 104 valence electrons. The fourth-order valence-electron chi connectivity index (χ4n) is 2.80. The van der Waals surface area contributed by atoms with Crippen molar-refractivity contribution in [3.63, 3.8) is 0 Å². The number of rotatable bonds is 4. The lowest BCUT2D eigenvalue weighted by Crippen LogP contribution is -2.21. The molecule has 2 aromatic heterocycles. The van der Waals surface area contributed by atoms with E-state index in [9.17, 15) is 0 Å². The maximum Gasteiger partial charge on any atom is 0.133 e. The Hall–Kier alpha value is -1.94. The summed E-state index contributed by atoms with van der Waals surface area (Å²) in [5.74, 6) is 0.999. The molecule has 0 bridgehead atoms. The number of nitrogens with two attached hydrogens (primary N) is 1. The summed E-state index contributed by atoms with van der Waals surface area (Å²) in [6, 6.07) is 8.21. The Balaban J connectivity index is 1.89. The summed E-state index contributed by atoms with van der Waals surface area (Å²) in [5.41, 5.74) is 10.7. The zero-order valence-corrected chi connectivity index (χ0v) is 11.8. The van der Waals surface area contributed by atoms with E-state index >= 15 is 0 Å². The van der Waals surface area contributed by atoms with Gasteiger partial charge in [-0.1, -0.05) is 6.07 Å². The van der Waals surface area contributed by atoms with Crippen LogP contribution < -0.4 is 10.6 Å². The van der Waals surface area contributed by atoms with Crippen LogP contribution >= 0.6 is 0 Å². The number of nitrogens with zero attached hydrogens (tertiary/aromatic N) is 3. The molecule has 0 saturated heterocycles. The summed E-state index contributed by atoms with van der Waals surface area (Å²) in [4.78, 5) is 11.4. The van der Waals surface area contributed by atoms with Crippen LogP contribution in [0.3, 0.4) is 0 Å². The highest BCUT2D eigenvalue weighted by Gasteiger charge is 2.18. The summed E-state index contributed by atoms with van der Waals surface area (Å²) in [6.07, 6.45) is 5.26. The van der Waals surface area contributed by atoms with Gasteiger partial charge in [-0.3, -0.25) is 4.98 Å². The first-order valence-electron chi connectivity index (χ1n) is 7.10. The lowest BCUT2D eigenvalue weighted by atomic mass is 10.1. The van der Waals surface area contributed by atoms with Crippen LogP contribution in [0.5, 0.6) is 0 Å². The van der Waals surface area contributed by atoms with Gasteiger partial charge in [0.1, 0.15) is 5.82 Å². The van der Waals surface area contributed by atoms with E-state index in [1.54, 1.807) is 0 Å². The Bertz CT molecular complexity index is 595. The zero-order valence-electron chi connectivity index (χ0n) is 11.8. The topological polar surface area (TPSA) is 55.0 Å². The van der Waals surface area contributed by atoms with Gasteiger partial charge in [-0.25, -0.2) is 4.98 Å². The van der Waals surface area contributed by atoms with Crippen LogP contribution in [0.25, 0.3) is 0 Å². The second-order valence-corrected chi connectivity index (χ2v) is 5.31. The number of hydrogen-bond acceptors (Lipinski definition) is 4. The molecule has 0 aliphatic heterocycles. The van der Waals surface area contributed by atoms with Gasteiger partial charge in [0.2, 0.25) is 0 Å². The van der Waals surface area contributed by atoms with Gasteiger partial charge in [0.15, 0.2) is 0 Å². The number of fused-ring (bicyclic) bond motifs is 1. The number of aromatic nitrogens is 2. The number of hydrogen-bond donors (Lipinski definition) is 1. The number of pyridine rings is 2. The van der Waals surface area contributed by atoms with Crippen LogP contribution in [0.1, 0.15) is 28.9 Å². The average Bonchev–Trinajstić information content (AvgIpc) is 2.94. The van der Waals surface area contributed by atoms with E-state index < -0.39 is 0 Å². The Kier molecular flexibility index (Phi) is 3.65. The SMILES string of the molecule is CN(Cc1ccccn1)c1nc2c(cc1CN)CCC2. The third-order valence-corrected chi connectivity index (χ3v) is 3.81. The summed E-state index contributed by atoms with van der Waals surface area (Å²) in [6.45, 7) is 1.28. The maximum absolute atomic E-state index is 5.89. The van der Waals surface area contributed by atoms with Gasteiger partial charge in [-0.15, -0.1) is 0 Å². The summed E-state index contributed by atoms with van der Waals surface area (Å²) >= 11 is 0. The molecule has 1 aliphatic carbocycles. The molecule has 0 radical (unpaired) electrons. The first-order chi connectivity index (χ1) is 9.78. The summed E-state index contributed by atoms with van der Waals surface area (Å²) in [7, 11) is 2.05. The molecule has 2 heterocycles. The van der Waals surface area contributed by atoms with Crippen LogP contribution in [0.4, 0.5) is 5.82 Å². The molecule has 0 saturated carbocycles. The molecule has 1 aliphatic rings. The van der Waals surface area contributed by atoms with Crippen LogP contribution in [0.2, 0.25) is 0 Å². The van der Waals surface area contributed by atoms with Crippen molar-refractivity contribution < 1.29 is 0 Å². The molecular formula is C16H20N4. The standard InChI is InChI=1S/C16H20N4/c1-20(11-14-6-2-3-8-18-14)16-13(10-17)9-12-5-4-7-15(12)19-16/h2-3,6,8-9H,4-5,7,10-11,17H2,1H3. The third-order valence-electron chi connectivity index (χ3n) is 3.81. The van der Waals surface area contributed by atoms with Crippen LogP contribution in [0, 0.1) is 0 Å². The number of anilines is 1. The van der Waals surface area contributed by atoms with Gasteiger partial charge in [-0.05, 0) is 43.0 Å². The van der Waals surface area contributed by atoms with Gasteiger partial charge in [0.05, 0.1) is 12.2 Å². The van der Waals surface area contributed by atoms with Crippen molar-refractivity contribution in [2.75, 3.05) is 11.9 Å². The second kappa shape index (κ2) is 5.59. The maximum atomic E-state index is 5.89. The van der Waals surface area contributed by atoms with Crippen molar-refractivity contribution in [1.82, 2.24) is 9.97 Å². The van der Waals surface area contributed by atoms with Crippen molar-refractivity contribution in [2.24, 2.45) is 5.73 Å². The third kappa shape index (κ3) is 2.51. The average molecular weight is 268 g/mol. The van der Waals surface area contributed by atoms with E-state index in [0.29, 0.717) is 6.54 Å². The second-order valence-electron chi connectivity index (χ2n) is 5.31. The van der Waals surface area contributed by atoms with E-state index in [1.165, 1.54) is 17.7 Å². The smallest absolute Gasteiger partial charge is 0.133 e. The normalized spacial score (nSPS) is 13.3. The molecule has 2 N–H and O–H groups in total. The first kappa shape index (κ1) is 13.1. The molecule has 0 amide bonds. The molecule has 0 fully saturated rings. The minimum atomic E-state index is 0.530. The molecule has 0 spiro atoms. The monoisotopic (exact) mass is 268 g/mol. The van der Waals surface area contributed by atoms with E-state index in [-0.39, 0.29) is 0 Å². The molecule has 0 unspecified atom stereocenters. The summed E-state index contributed by atoms with van der Waals surface area (Å²) < 4.78 is 0. The van der Waals surface area contributed by atoms with E-state index in [0.717, 1.165) is 36.5 Å². The van der Waals surface area contributed by atoms with Crippen molar-refractivity contribution in [3.8, 4) is 0 Å². The fourth-order valence-corrected chi connectivity index (χ4v) is 2.80. The first-order valence-corrected chi connectivity index (χ1v) is 7.10. The van der Waals surface area contributed by atoms with Crippen LogP contribution in [-0.2, 0) is 25.9 Å². The largest absolute Gasteiger partial charge is 0.354 e. The lowest BCUT2D eigenvalue weighted by Gasteiger charge is -2.21. The molecule has 4 nitrogen and oxygen atoms in total. The van der Waals surface area contributed by atoms with Crippen molar-refractivity contribution in [3.05, 3.63) is 53.0 Å². The molecular weight excluding hydrogens is 248 g/mol. The highest BCUT2D eigenvalue weighted by molar-refractivity contribution is 5.50. The van der Waals surface area contributed by atoms with Gasteiger partial charge < -0.3 is 10.6 Å². The quantitative estimate of drug-likeness (QED) is 0.922. The van der Waals surface area contributed by atoms with Crippen molar-refractivity contribution in [2.45, 2.75) is 32.4 Å². The van der Waals surface area contributed by atoms with Gasteiger partial charge in [0.25, 0.3) is 0 Å². The molecule has 3 rings (SSSR count). The van der Waals surface area contributed by atoms with Crippen molar-refractivity contribution in [1.29, 1.82) is 0 Å². The van der Waals surface area contributed by atoms with Gasteiger partial charge >= 0.3 is 0 Å². The van der Waals surface area contributed by atoms with Gasteiger partial charge in [-0.2, -0.15) is 0 Å². The Morgan fingerprint density at radius 3 is 2.95 bits per heavy atom. The minimum Gasteiger partial charge on any atom is -0.354 e. The minimum absolute atomic E-state index is 0.530. The lowest BCUT2D eigenvalue weighted by molar-refractivity contribution is 0.839. The predicted octanol–water partition coefficient (Wildman–Crippen LogP) is 2.06. The Morgan fingerprint density at radius 1 is 1.30 bits per heavy atom. The molecule has 0 atom stereocenters. The van der Waals surface area contributed by atoms with Gasteiger partial charge in [0, 0.05) is 31.0 Å². The number of aryl methyl sites for hydroxylation is 2. The summed E-state index contributed by atoms with van der Waals surface area (Å²) in [5, 5.41) is 0. The molecule has 2 aromatic rings. The molecule has 0 aromatic carbocycles. The van der Waals surface area contributed by atoms with E-state index in [1.807, 2.05) is 24.4 Å². The van der Waals surface area contributed by atoms with E-state index in [2.05, 4.69) is 23.0 Å². The van der Waals surface area contributed by atoms with Crippen molar-refractivity contribution >= 4 is 5.82 Å². The Labute approximate surface area is 119 Å². The zero-order chi connectivity index (χ0) is 13.9. The Morgan fingerprint density at radius 2 is 2.20 bits per heavy atom.